The summed E-state index contributed by atoms with van der Waals surface area (Å²) in [6.07, 6.45) is 4.68. The molecule has 1 saturated carbocycles. The van der Waals surface area contributed by atoms with Crippen molar-refractivity contribution in [2.75, 3.05) is 11.9 Å². The second-order valence-corrected chi connectivity index (χ2v) is 5.91. The predicted molar refractivity (Wildman–Crippen MR) is 81.1 cm³/mol. The lowest BCUT2D eigenvalue weighted by molar-refractivity contribution is 0.1000. The summed E-state index contributed by atoms with van der Waals surface area (Å²) in [7, 11) is 0. The van der Waals surface area contributed by atoms with Crippen LogP contribution in [0.4, 0.5) is 5.69 Å². The maximum absolute atomic E-state index is 11.6. The minimum absolute atomic E-state index is 0.325. The Kier molecular flexibility index (Phi) is 4.82. The van der Waals surface area contributed by atoms with Crippen LogP contribution in [0.15, 0.2) is 22.7 Å². The molecule has 1 amide bonds. The summed E-state index contributed by atoms with van der Waals surface area (Å²) in [4.78, 5) is 11.6. The van der Waals surface area contributed by atoms with Crippen molar-refractivity contribution in [1.82, 2.24) is 0 Å². The molecule has 5 heteroatoms. The van der Waals surface area contributed by atoms with Crippen molar-refractivity contribution in [2.24, 2.45) is 17.4 Å². The fraction of sp³-hybridized carbons (Fsp3) is 0.500. The third-order valence-corrected chi connectivity index (χ3v) is 4.47. The Morgan fingerprint density at radius 2 is 2.11 bits per heavy atom. The SMILES string of the molecule is NCC1CCCCC1Nc1cccc(Br)c1C(N)=O. The molecule has 2 rings (SSSR count). The van der Waals surface area contributed by atoms with Gasteiger partial charge in [-0.05, 0) is 53.4 Å². The third-order valence-electron chi connectivity index (χ3n) is 3.81. The summed E-state index contributed by atoms with van der Waals surface area (Å²) in [5, 5.41) is 3.46. The maximum atomic E-state index is 11.6. The van der Waals surface area contributed by atoms with E-state index in [2.05, 4.69) is 21.2 Å². The van der Waals surface area contributed by atoms with Gasteiger partial charge >= 0.3 is 0 Å². The van der Waals surface area contributed by atoms with Crippen LogP contribution in [0.3, 0.4) is 0 Å². The van der Waals surface area contributed by atoms with Gasteiger partial charge in [-0.25, -0.2) is 0 Å². The average molecular weight is 326 g/mol. The standard InChI is InChI=1S/C14H20BrN3O/c15-10-5-3-7-12(13(10)14(17)19)18-11-6-2-1-4-9(11)8-16/h3,5,7,9,11,18H,1-2,4,6,8,16H2,(H2,17,19). The van der Waals surface area contributed by atoms with Crippen LogP contribution >= 0.6 is 15.9 Å². The van der Waals surface area contributed by atoms with Crippen molar-refractivity contribution in [3.8, 4) is 0 Å². The molecular weight excluding hydrogens is 306 g/mol. The van der Waals surface area contributed by atoms with Crippen LogP contribution in [-0.2, 0) is 0 Å². The van der Waals surface area contributed by atoms with Gasteiger partial charge in [0.1, 0.15) is 0 Å². The lowest BCUT2D eigenvalue weighted by atomic mass is 9.84. The number of hydrogen-bond acceptors (Lipinski definition) is 3. The van der Waals surface area contributed by atoms with E-state index in [9.17, 15) is 4.79 Å². The first kappa shape index (κ1) is 14.3. The van der Waals surface area contributed by atoms with E-state index in [-0.39, 0.29) is 0 Å². The molecule has 1 aliphatic carbocycles. The summed E-state index contributed by atoms with van der Waals surface area (Å²) in [6, 6.07) is 5.95. The number of amides is 1. The van der Waals surface area contributed by atoms with Gasteiger partial charge in [0.2, 0.25) is 0 Å². The molecule has 4 nitrogen and oxygen atoms in total. The van der Waals surface area contributed by atoms with Crippen molar-refractivity contribution >= 4 is 27.5 Å². The smallest absolute Gasteiger partial charge is 0.251 e. The van der Waals surface area contributed by atoms with Crippen molar-refractivity contribution in [2.45, 2.75) is 31.7 Å². The number of benzene rings is 1. The Balaban J connectivity index is 2.22. The molecule has 1 aromatic carbocycles. The highest BCUT2D eigenvalue weighted by molar-refractivity contribution is 9.10. The molecule has 0 bridgehead atoms. The number of carbonyl (C=O) groups is 1. The van der Waals surface area contributed by atoms with E-state index in [4.69, 9.17) is 11.5 Å². The van der Waals surface area contributed by atoms with E-state index in [1.165, 1.54) is 12.8 Å². The van der Waals surface area contributed by atoms with E-state index >= 15 is 0 Å². The molecule has 0 radical (unpaired) electrons. The maximum Gasteiger partial charge on any atom is 0.251 e. The van der Waals surface area contributed by atoms with Gasteiger partial charge in [-0.1, -0.05) is 18.9 Å². The highest BCUT2D eigenvalue weighted by Crippen LogP contribution is 2.30. The van der Waals surface area contributed by atoms with Crippen LogP contribution in [0, 0.1) is 5.92 Å². The minimum Gasteiger partial charge on any atom is -0.381 e. The number of nitrogens with two attached hydrogens (primary N) is 2. The zero-order valence-corrected chi connectivity index (χ0v) is 12.4. The largest absolute Gasteiger partial charge is 0.381 e. The summed E-state index contributed by atoms with van der Waals surface area (Å²) < 4.78 is 0.727. The number of primary amides is 1. The fourth-order valence-corrected chi connectivity index (χ4v) is 3.34. The van der Waals surface area contributed by atoms with Gasteiger partial charge in [0.25, 0.3) is 5.91 Å². The number of rotatable bonds is 4. The van der Waals surface area contributed by atoms with Gasteiger partial charge in [-0.15, -0.1) is 0 Å². The Labute approximate surface area is 122 Å². The van der Waals surface area contributed by atoms with E-state index in [1.54, 1.807) is 0 Å². The second kappa shape index (κ2) is 6.39. The number of nitrogens with one attached hydrogen (secondary N) is 1. The monoisotopic (exact) mass is 325 g/mol. The van der Waals surface area contributed by atoms with Crippen LogP contribution in [0.5, 0.6) is 0 Å². The molecule has 0 aliphatic heterocycles. The molecule has 5 N–H and O–H groups in total. The number of halogens is 1. The summed E-state index contributed by atoms with van der Waals surface area (Å²) >= 11 is 3.38. The second-order valence-electron chi connectivity index (χ2n) is 5.06. The quantitative estimate of drug-likeness (QED) is 0.795. The molecule has 0 spiro atoms. The van der Waals surface area contributed by atoms with E-state index in [0.717, 1.165) is 23.0 Å². The van der Waals surface area contributed by atoms with Crippen molar-refractivity contribution < 1.29 is 4.79 Å². The van der Waals surface area contributed by atoms with Gasteiger partial charge in [-0.3, -0.25) is 4.79 Å². The molecule has 2 atom stereocenters. The average Bonchev–Trinajstić information content (AvgIpc) is 2.39. The van der Waals surface area contributed by atoms with E-state index in [0.29, 0.717) is 24.1 Å². The molecular formula is C14H20BrN3O. The van der Waals surface area contributed by atoms with Crippen LogP contribution in [0.1, 0.15) is 36.0 Å². The first-order valence-corrected chi connectivity index (χ1v) is 7.47. The van der Waals surface area contributed by atoms with E-state index in [1.807, 2.05) is 18.2 Å². The summed E-state index contributed by atoms with van der Waals surface area (Å²) in [6.45, 7) is 0.678. The zero-order valence-electron chi connectivity index (χ0n) is 10.9. The van der Waals surface area contributed by atoms with Gasteiger partial charge in [-0.2, -0.15) is 0 Å². The minimum atomic E-state index is -0.421. The molecule has 1 aliphatic rings. The highest BCUT2D eigenvalue weighted by atomic mass is 79.9. The van der Waals surface area contributed by atoms with Crippen LogP contribution < -0.4 is 16.8 Å². The Morgan fingerprint density at radius 1 is 1.37 bits per heavy atom. The van der Waals surface area contributed by atoms with Gasteiger partial charge in [0, 0.05) is 16.2 Å². The van der Waals surface area contributed by atoms with Crippen LogP contribution in [0.25, 0.3) is 0 Å². The van der Waals surface area contributed by atoms with Crippen molar-refractivity contribution in [1.29, 1.82) is 0 Å². The highest BCUT2D eigenvalue weighted by Gasteiger charge is 2.25. The number of hydrogen-bond donors (Lipinski definition) is 3. The molecule has 1 fully saturated rings. The number of carbonyl (C=O) groups excluding carboxylic acids is 1. The Hall–Kier alpha value is -1.07. The molecule has 0 saturated heterocycles. The van der Waals surface area contributed by atoms with Crippen molar-refractivity contribution in [3.05, 3.63) is 28.2 Å². The first-order chi connectivity index (χ1) is 9.13. The van der Waals surface area contributed by atoms with Gasteiger partial charge in [0.05, 0.1) is 5.56 Å². The molecule has 104 valence electrons. The van der Waals surface area contributed by atoms with Crippen LogP contribution in [-0.4, -0.2) is 18.5 Å². The number of anilines is 1. The molecule has 0 heterocycles. The van der Waals surface area contributed by atoms with Crippen molar-refractivity contribution in [3.63, 3.8) is 0 Å². The zero-order chi connectivity index (χ0) is 13.8. The molecule has 19 heavy (non-hydrogen) atoms. The Morgan fingerprint density at radius 3 is 2.79 bits per heavy atom. The molecule has 2 unspecified atom stereocenters. The van der Waals surface area contributed by atoms with E-state index < -0.39 is 5.91 Å². The third kappa shape index (κ3) is 3.28. The normalized spacial score (nSPS) is 23.1. The topological polar surface area (TPSA) is 81.1 Å². The lowest BCUT2D eigenvalue weighted by Crippen LogP contribution is -2.37. The summed E-state index contributed by atoms with van der Waals surface area (Å²) in [5.41, 5.74) is 12.6. The fourth-order valence-electron chi connectivity index (χ4n) is 2.77. The van der Waals surface area contributed by atoms with Gasteiger partial charge in [0.15, 0.2) is 0 Å². The summed E-state index contributed by atoms with van der Waals surface area (Å²) in [5.74, 6) is 0.0449. The lowest BCUT2D eigenvalue weighted by Gasteiger charge is -2.32. The molecule has 1 aromatic rings. The van der Waals surface area contributed by atoms with Crippen LogP contribution in [0.2, 0.25) is 0 Å². The predicted octanol–water partition coefficient (Wildman–Crippen LogP) is 2.48. The van der Waals surface area contributed by atoms with Gasteiger partial charge < -0.3 is 16.8 Å². The molecule has 0 aromatic heterocycles. The Bertz CT molecular complexity index is 464. The first-order valence-electron chi connectivity index (χ1n) is 6.68.